The van der Waals surface area contributed by atoms with Crippen molar-refractivity contribution in [2.45, 2.75) is 58.9 Å². The van der Waals surface area contributed by atoms with Gasteiger partial charge in [0.05, 0.1) is 11.7 Å². The number of hydrogen-bond acceptors (Lipinski definition) is 7. The summed E-state index contributed by atoms with van der Waals surface area (Å²) in [5.74, 6) is 1.87. The number of pyridine rings is 1. The largest absolute Gasteiger partial charge is 0.351 e. The number of fused-ring (bicyclic) bond motifs is 1. The van der Waals surface area contributed by atoms with E-state index < -0.39 is 11.6 Å². The van der Waals surface area contributed by atoms with E-state index in [0.29, 0.717) is 40.5 Å². The van der Waals surface area contributed by atoms with Crippen molar-refractivity contribution in [2.24, 2.45) is 21.8 Å². The maximum atomic E-state index is 15.2. The number of halogens is 2. The molecule has 5 rings (SSSR count). The second kappa shape index (κ2) is 13.9. The molecule has 0 saturated carbocycles. The van der Waals surface area contributed by atoms with E-state index in [1.807, 2.05) is 37.6 Å². The topological polar surface area (TPSA) is 82.7 Å². The normalized spacial score (nSPS) is 19.8. The van der Waals surface area contributed by atoms with E-state index in [1.54, 1.807) is 6.07 Å². The van der Waals surface area contributed by atoms with Crippen molar-refractivity contribution in [1.29, 1.82) is 0 Å². The van der Waals surface area contributed by atoms with Crippen LogP contribution >= 0.6 is 0 Å². The van der Waals surface area contributed by atoms with Crippen molar-refractivity contribution >= 4 is 29.3 Å². The van der Waals surface area contributed by atoms with Crippen LogP contribution in [0.2, 0.25) is 0 Å². The first kappa shape index (κ1) is 30.9. The maximum Gasteiger partial charge on any atom is 0.167 e. The lowest BCUT2D eigenvalue weighted by atomic mass is 9.73. The number of hydrogen-bond donors (Lipinski definition) is 2. The molecule has 8 nitrogen and oxygen atoms in total. The fraction of sp³-hybridized carbons (Fsp3) is 0.515. The minimum Gasteiger partial charge on any atom is -0.351 e. The molecule has 2 aliphatic heterocycles. The Morgan fingerprint density at radius 3 is 2.63 bits per heavy atom. The number of aromatic nitrogens is 3. The molecule has 2 aliphatic rings. The number of benzene rings is 1. The minimum absolute atomic E-state index is 0.0151. The van der Waals surface area contributed by atoms with Crippen molar-refractivity contribution in [2.75, 3.05) is 44.7 Å². The predicted octanol–water partition coefficient (Wildman–Crippen LogP) is 6.25. The van der Waals surface area contributed by atoms with Crippen LogP contribution in [-0.4, -0.2) is 71.3 Å². The number of likely N-dealkylation sites (tertiary alicyclic amines) is 1. The minimum atomic E-state index is -0.701. The van der Waals surface area contributed by atoms with Crippen LogP contribution in [0.25, 0.3) is 11.0 Å². The van der Waals surface area contributed by atoms with Gasteiger partial charge in [-0.2, -0.15) is 0 Å². The highest BCUT2D eigenvalue weighted by Gasteiger charge is 2.34. The van der Waals surface area contributed by atoms with Gasteiger partial charge in [0.25, 0.3) is 0 Å². The van der Waals surface area contributed by atoms with Crippen LogP contribution in [0.4, 0.5) is 14.6 Å². The summed E-state index contributed by atoms with van der Waals surface area (Å²) in [5.41, 5.74) is 2.41. The molecule has 2 aromatic heterocycles. The molecule has 43 heavy (non-hydrogen) atoms. The molecule has 0 bridgehead atoms. The molecule has 10 heteroatoms. The van der Waals surface area contributed by atoms with Crippen molar-refractivity contribution in [3.63, 3.8) is 0 Å². The van der Waals surface area contributed by atoms with Gasteiger partial charge >= 0.3 is 0 Å². The van der Waals surface area contributed by atoms with Crippen LogP contribution in [0.1, 0.15) is 68.9 Å². The molecule has 0 amide bonds. The Balaban J connectivity index is 1.36. The van der Waals surface area contributed by atoms with E-state index in [-0.39, 0.29) is 23.9 Å². The van der Waals surface area contributed by atoms with E-state index in [4.69, 9.17) is 4.98 Å². The number of piperidine rings is 1. The van der Waals surface area contributed by atoms with Gasteiger partial charge in [-0.05, 0) is 121 Å². The number of aliphatic imine (C=N–C) groups is 2. The molecule has 4 heterocycles. The van der Waals surface area contributed by atoms with E-state index in [0.717, 1.165) is 38.9 Å². The number of nitrogens with one attached hydrogen (secondary N) is 2. The van der Waals surface area contributed by atoms with Crippen molar-refractivity contribution in [3.05, 3.63) is 65.3 Å². The summed E-state index contributed by atoms with van der Waals surface area (Å²) in [6.45, 7) is 17.1. The predicted molar refractivity (Wildman–Crippen MR) is 171 cm³/mol. The molecule has 0 radical (unpaired) electrons. The van der Waals surface area contributed by atoms with Crippen molar-refractivity contribution in [3.8, 4) is 0 Å². The van der Waals surface area contributed by atoms with E-state index >= 15 is 8.78 Å². The SMILES string of the molecule is C=N/C=C(/F)C(=NCNc1ccc(C(C2CCN(CC)CC2)C2CCNC2)cn1)c1cc(F)c2nc(C)n(C(C)C)c2c1. The van der Waals surface area contributed by atoms with Crippen molar-refractivity contribution in [1.82, 2.24) is 24.8 Å². The Bertz CT molecular complexity index is 1460. The Morgan fingerprint density at radius 2 is 2.00 bits per heavy atom. The van der Waals surface area contributed by atoms with Crippen LogP contribution in [0.5, 0.6) is 0 Å². The maximum absolute atomic E-state index is 15.2. The van der Waals surface area contributed by atoms with E-state index in [2.05, 4.69) is 50.2 Å². The quantitative estimate of drug-likeness (QED) is 0.258. The third-order valence-corrected chi connectivity index (χ3v) is 9.01. The number of nitrogens with zero attached hydrogens (tertiary/aromatic N) is 6. The Kier molecular flexibility index (Phi) is 9.97. The molecule has 2 atom stereocenters. The summed E-state index contributed by atoms with van der Waals surface area (Å²) in [5, 5.41) is 6.74. The molecular weight excluding hydrogens is 546 g/mol. The summed E-state index contributed by atoms with van der Waals surface area (Å²) in [6.07, 6.45) is 6.60. The van der Waals surface area contributed by atoms with Gasteiger partial charge in [0.2, 0.25) is 0 Å². The lowest BCUT2D eigenvalue weighted by Crippen LogP contribution is -2.37. The molecule has 3 aromatic rings. The number of rotatable bonds is 11. The number of anilines is 1. The third kappa shape index (κ3) is 6.86. The summed E-state index contributed by atoms with van der Waals surface area (Å²) in [7, 11) is 0. The van der Waals surface area contributed by atoms with Gasteiger partial charge in [0.15, 0.2) is 11.6 Å². The van der Waals surface area contributed by atoms with Gasteiger partial charge in [-0.15, -0.1) is 0 Å². The van der Waals surface area contributed by atoms with Gasteiger partial charge < -0.3 is 20.1 Å². The van der Waals surface area contributed by atoms with Crippen LogP contribution in [0.15, 0.2) is 52.5 Å². The molecule has 0 spiro atoms. The molecule has 1 aromatic carbocycles. The fourth-order valence-corrected chi connectivity index (χ4v) is 6.95. The highest BCUT2D eigenvalue weighted by Crippen LogP contribution is 2.40. The summed E-state index contributed by atoms with van der Waals surface area (Å²) in [4.78, 5) is 19.7. The fourth-order valence-electron chi connectivity index (χ4n) is 6.95. The Labute approximate surface area is 253 Å². The summed E-state index contributed by atoms with van der Waals surface area (Å²) < 4.78 is 32.3. The van der Waals surface area contributed by atoms with Gasteiger partial charge in [-0.3, -0.25) is 9.98 Å². The van der Waals surface area contributed by atoms with Crippen LogP contribution in [0, 0.1) is 24.6 Å². The van der Waals surface area contributed by atoms with E-state index in [9.17, 15) is 0 Å². The van der Waals surface area contributed by atoms with Gasteiger partial charge in [-0.25, -0.2) is 18.7 Å². The number of allylic oxidation sites excluding steroid dienone is 1. The third-order valence-electron chi connectivity index (χ3n) is 9.01. The summed E-state index contributed by atoms with van der Waals surface area (Å²) in [6, 6.07) is 7.21. The molecular formula is C33H44F2N8. The molecule has 2 N–H and O–H groups in total. The monoisotopic (exact) mass is 590 g/mol. The molecule has 2 saturated heterocycles. The number of aryl methyl sites for hydroxylation is 1. The first-order valence-corrected chi connectivity index (χ1v) is 15.5. The van der Waals surface area contributed by atoms with Gasteiger partial charge in [0, 0.05) is 17.8 Å². The van der Waals surface area contributed by atoms with Crippen LogP contribution in [-0.2, 0) is 0 Å². The average Bonchev–Trinajstić information content (AvgIpc) is 3.64. The smallest absolute Gasteiger partial charge is 0.167 e. The zero-order valence-corrected chi connectivity index (χ0v) is 25.8. The van der Waals surface area contributed by atoms with Crippen LogP contribution < -0.4 is 10.6 Å². The second-order valence-electron chi connectivity index (χ2n) is 12.0. The molecule has 2 unspecified atom stereocenters. The lowest BCUT2D eigenvalue weighted by Gasteiger charge is -2.38. The van der Waals surface area contributed by atoms with E-state index in [1.165, 1.54) is 30.9 Å². The van der Waals surface area contributed by atoms with Gasteiger partial charge in [-0.1, -0.05) is 13.0 Å². The highest BCUT2D eigenvalue weighted by atomic mass is 19.1. The second-order valence-corrected chi connectivity index (χ2v) is 12.0. The highest BCUT2D eigenvalue weighted by molar-refractivity contribution is 6.12. The van der Waals surface area contributed by atoms with Crippen molar-refractivity contribution < 1.29 is 8.78 Å². The molecule has 0 aliphatic carbocycles. The standard InChI is InChI=1S/C33H44F2N8/c1-6-42-13-10-23(11-14-42)31(25-9-12-37-17-25)24-7-8-30(38-18-24)39-20-40-32(28(35)19-36-5)26-15-27(34)33-29(16-26)43(21(2)3)22(4)41-33/h7-8,15-16,18-19,21,23,25,31,37H,5-6,9-14,17,20H2,1-4H3,(H,38,39)/b28-19+,40-32?. The molecule has 230 valence electrons. The Hall–Kier alpha value is -3.50. The van der Waals surface area contributed by atoms with Gasteiger partial charge in [0.1, 0.15) is 29.5 Å². The first-order valence-electron chi connectivity index (χ1n) is 15.5. The zero-order chi connectivity index (χ0) is 30.5. The first-order chi connectivity index (χ1) is 20.8. The zero-order valence-electron chi connectivity index (χ0n) is 25.8. The Morgan fingerprint density at radius 1 is 1.21 bits per heavy atom. The average molecular weight is 591 g/mol. The summed E-state index contributed by atoms with van der Waals surface area (Å²) >= 11 is 0. The number of imidazole rings is 1. The van der Waals surface area contributed by atoms with Crippen LogP contribution in [0.3, 0.4) is 0 Å². The molecule has 2 fully saturated rings. The lowest BCUT2D eigenvalue weighted by molar-refractivity contribution is 0.157.